The summed E-state index contributed by atoms with van der Waals surface area (Å²) in [5, 5.41) is 0.442. The van der Waals surface area contributed by atoms with E-state index in [0.717, 1.165) is 37.6 Å². The van der Waals surface area contributed by atoms with Crippen LogP contribution in [0.4, 0.5) is 18.9 Å². The number of alkyl halides is 3. The lowest BCUT2D eigenvalue weighted by molar-refractivity contribution is -0.137. The maximum atomic E-state index is 13.2. The molecule has 1 aromatic heterocycles. The zero-order chi connectivity index (χ0) is 18.1. The molecule has 0 amide bonds. The van der Waals surface area contributed by atoms with Crippen molar-refractivity contribution < 1.29 is 13.2 Å². The monoisotopic (exact) mass is 384 g/mol. The Labute approximate surface area is 155 Å². The molecular weight excluding hydrogens is 361 g/mol. The molecule has 0 saturated carbocycles. The summed E-state index contributed by atoms with van der Waals surface area (Å²) in [5.74, 6) is 0. The largest absolute Gasteiger partial charge is 0.416 e. The van der Waals surface area contributed by atoms with E-state index in [1.165, 1.54) is 17.8 Å². The number of hydrogen-bond donors (Lipinski definition) is 1. The zero-order valence-electron chi connectivity index (χ0n) is 14.9. The van der Waals surface area contributed by atoms with Crippen LogP contribution in [0.3, 0.4) is 0 Å². The first kappa shape index (κ1) is 20.5. The second kappa shape index (κ2) is 7.84. The SMILES string of the molecule is CC1(C)CCCCN1c1ccc(C(F)(F)F)cc1Sc1ncccn1.N. The van der Waals surface area contributed by atoms with Gasteiger partial charge in [-0.3, -0.25) is 0 Å². The van der Waals surface area contributed by atoms with Crippen molar-refractivity contribution in [2.75, 3.05) is 11.4 Å². The van der Waals surface area contributed by atoms with Gasteiger partial charge in [0.05, 0.1) is 11.3 Å². The Morgan fingerprint density at radius 1 is 1.12 bits per heavy atom. The highest BCUT2D eigenvalue weighted by Gasteiger charge is 2.34. The van der Waals surface area contributed by atoms with Crippen molar-refractivity contribution in [3.8, 4) is 0 Å². The smallest absolute Gasteiger partial charge is 0.365 e. The van der Waals surface area contributed by atoms with Crippen LogP contribution >= 0.6 is 11.8 Å². The van der Waals surface area contributed by atoms with Crippen LogP contribution in [-0.4, -0.2) is 22.1 Å². The van der Waals surface area contributed by atoms with Gasteiger partial charge in [-0.2, -0.15) is 13.2 Å². The molecule has 0 bridgehead atoms. The maximum absolute atomic E-state index is 13.2. The normalized spacial score (nSPS) is 16.9. The highest BCUT2D eigenvalue weighted by Crippen LogP contribution is 2.42. The number of hydrogen-bond acceptors (Lipinski definition) is 5. The van der Waals surface area contributed by atoms with Crippen LogP contribution < -0.4 is 11.1 Å². The Bertz CT molecular complexity index is 735. The lowest BCUT2D eigenvalue weighted by Crippen LogP contribution is -2.47. The maximum Gasteiger partial charge on any atom is 0.416 e. The third-order valence-electron chi connectivity index (χ3n) is 4.47. The summed E-state index contributed by atoms with van der Waals surface area (Å²) in [6.07, 6.45) is 1.99. The van der Waals surface area contributed by atoms with Gasteiger partial charge < -0.3 is 11.1 Å². The predicted molar refractivity (Wildman–Crippen MR) is 97.9 cm³/mol. The van der Waals surface area contributed by atoms with Crippen molar-refractivity contribution in [2.45, 2.75) is 54.9 Å². The minimum absolute atomic E-state index is 0. The van der Waals surface area contributed by atoms with E-state index in [4.69, 9.17) is 0 Å². The van der Waals surface area contributed by atoms with E-state index in [0.29, 0.717) is 10.1 Å². The van der Waals surface area contributed by atoms with Crippen molar-refractivity contribution in [2.24, 2.45) is 0 Å². The topological polar surface area (TPSA) is 64.0 Å². The van der Waals surface area contributed by atoms with Crippen molar-refractivity contribution >= 4 is 17.4 Å². The molecule has 0 aliphatic carbocycles. The lowest BCUT2D eigenvalue weighted by Gasteiger charge is -2.45. The summed E-state index contributed by atoms with van der Waals surface area (Å²) in [7, 11) is 0. The fourth-order valence-electron chi connectivity index (χ4n) is 3.14. The molecule has 1 aliphatic heterocycles. The van der Waals surface area contributed by atoms with Gasteiger partial charge in [0.15, 0.2) is 5.16 Å². The fraction of sp³-hybridized carbons (Fsp3) is 0.444. The van der Waals surface area contributed by atoms with Gasteiger partial charge in [0, 0.05) is 29.4 Å². The average molecular weight is 384 g/mol. The van der Waals surface area contributed by atoms with Crippen molar-refractivity contribution in [1.29, 1.82) is 0 Å². The Kier molecular flexibility index (Phi) is 6.18. The third-order valence-corrected chi connectivity index (χ3v) is 5.41. The molecule has 3 N–H and O–H groups in total. The van der Waals surface area contributed by atoms with Crippen LogP contribution in [0.5, 0.6) is 0 Å². The first-order valence-electron chi connectivity index (χ1n) is 8.21. The Morgan fingerprint density at radius 3 is 2.42 bits per heavy atom. The molecule has 0 spiro atoms. The van der Waals surface area contributed by atoms with Crippen LogP contribution in [0.2, 0.25) is 0 Å². The van der Waals surface area contributed by atoms with Crippen LogP contribution in [0.25, 0.3) is 0 Å². The molecule has 1 aromatic carbocycles. The van der Waals surface area contributed by atoms with Gasteiger partial charge in [0.25, 0.3) is 0 Å². The van der Waals surface area contributed by atoms with E-state index in [1.54, 1.807) is 24.5 Å². The first-order valence-corrected chi connectivity index (χ1v) is 9.03. The Balaban J connectivity index is 0.00000243. The molecule has 1 fully saturated rings. The molecule has 1 saturated heterocycles. The molecular formula is C18H23F3N4S. The van der Waals surface area contributed by atoms with Crippen molar-refractivity contribution in [3.63, 3.8) is 0 Å². The van der Waals surface area contributed by atoms with Gasteiger partial charge in [0.1, 0.15) is 0 Å². The average Bonchev–Trinajstić information content (AvgIpc) is 2.55. The second-order valence-corrected chi connectivity index (χ2v) is 7.74. The van der Waals surface area contributed by atoms with Crippen LogP contribution in [-0.2, 0) is 6.18 Å². The summed E-state index contributed by atoms with van der Waals surface area (Å²) >= 11 is 1.17. The lowest BCUT2D eigenvalue weighted by atomic mass is 9.90. The van der Waals surface area contributed by atoms with E-state index in [-0.39, 0.29) is 11.7 Å². The van der Waals surface area contributed by atoms with E-state index >= 15 is 0 Å². The summed E-state index contributed by atoms with van der Waals surface area (Å²) in [6.45, 7) is 5.11. The number of halogens is 3. The quantitative estimate of drug-likeness (QED) is 0.700. The standard InChI is InChI=1S/C18H20F3N3S.H3N/c1-17(2)8-3-4-11-24(17)14-7-6-13(18(19,20)21)12-15(14)25-16-22-9-5-10-23-16;/h5-7,9-10,12H,3-4,8,11H2,1-2H3;1H3. The molecule has 142 valence electrons. The highest BCUT2D eigenvalue weighted by molar-refractivity contribution is 7.99. The molecule has 0 radical (unpaired) electrons. The molecule has 0 atom stereocenters. The minimum atomic E-state index is -4.37. The summed E-state index contributed by atoms with van der Waals surface area (Å²) in [5.41, 5.74) is 0.0739. The van der Waals surface area contributed by atoms with E-state index < -0.39 is 11.7 Å². The Morgan fingerprint density at radius 2 is 1.81 bits per heavy atom. The van der Waals surface area contributed by atoms with E-state index in [2.05, 4.69) is 28.7 Å². The van der Waals surface area contributed by atoms with Crippen LogP contribution in [0.1, 0.15) is 38.7 Å². The van der Waals surface area contributed by atoms with Gasteiger partial charge in [-0.25, -0.2) is 9.97 Å². The number of aromatic nitrogens is 2. The van der Waals surface area contributed by atoms with Crippen LogP contribution in [0, 0.1) is 0 Å². The molecule has 2 heterocycles. The molecule has 0 unspecified atom stereocenters. The number of benzene rings is 1. The summed E-state index contributed by atoms with van der Waals surface area (Å²) < 4.78 is 39.5. The van der Waals surface area contributed by atoms with Crippen LogP contribution in [0.15, 0.2) is 46.7 Å². The summed E-state index contributed by atoms with van der Waals surface area (Å²) in [4.78, 5) is 11.0. The second-order valence-electron chi connectivity index (χ2n) is 6.73. The van der Waals surface area contributed by atoms with Gasteiger partial charge >= 0.3 is 6.18 Å². The number of nitrogens with zero attached hydrogens (tertiary/aromatic N) is 3. The number of rotatable bonds is 3. The molecule has 8 heteroatoms. The Hall–Kier alpha value is -1.80. The van der Waals surface area contributed by atoms with Crippen molar-refractivity contribution in [3.05, 3.63) is 42.2 Å². The molecule has 1 aliphatic rings. The van der Waals surface area contributed by atoms with Gasteiger partial charge in [-0.1, -0.05) is 0 Å². The van der Waals surface area contributed by atoms with Gasteiger partial charge in [0.2, 0.25) is 0 Å². The molecule has 2 aromatic rings. The first-order chi connectivity index (χ1) is 11.8. The van der Waals surface area contributed by atoms with Gasteiger partial charge in [-0.15, -0.1) is 0 Å². The number of piperidine rings is 1. The highest BCUT2D eigenvalue weighted by atomic mass is 32.2. The fourth-order valence-corrected chi connectivity index (χ4v) is 4.04. The molecule has 3 rings (SSSR count). The number of anilines is 1. The van der Waals surface area contributed by atoms with Crippen molar-refractivity contribution in [1.82, 2.24) is 16.1 Å². The molecule has 4 nitrogen and oxygen atoms in total. The van der Waals surface area contributed by atoms with E-state index in [9.17, 15) is 13.2 Å². The predicted octanol–water partition coefficient (Wildman–Crippen LogP) is 5.58. The zero-order valence-corrected chi connectivity index (χ0v) is 15.7. The minimum Gasteiger partial charge on any atom is -0.365 e. The molecule has 26 heavy (non-hydrogen) atoms. The summed E-state index contributed by atoms with van der Waals surface area (Å²) in [6, 6.07) is 5.64. The van der Waals surface area contributed by atoms with Gasteiger partial charge in [-0.05, 0) is 69.1 Å². The van der Waals surface area contributed by atoms with E-state index in [1.807, 2.05) is 0 Å². The third kappa shape index (κ3) is 4.48.